The first-order valence-electron chi connectivity index (χ1n) is 2.91. The summed E-state index contributed by atoms with van der Waals surface area (Å²) in [7, 11) is 1.84. The van der Waals surface area contributed by atoms with Gasteiger partial charge in [0.25, 0.3) is 0 Å². The van der Waals surface area contributed by atoms with E-state index in [2.05, 4.69) is 4.98 Å². The number of aromatic amines is 1. The molecule has 0 spiro atoms. The number of nitrogens with one attached hydrogen (secondary N) is 1. The van der Waals surface area contributed by atoms with Gasteiger partial charge in [0.15, 0.2) is 11.2 Å². The van der Waals surface area contributed by atoms with Crippen molar-refractivity contribution in [3.63, 3.8) is 0 Å². The topological polar surface area (TPSA) is 50.9 Å². The molecule has 0 atom stereocenters. The molecule has 0 bridgehead atoms. The number of nitrogens with zero attached hydrogens (tertiary/aromatic N) is 1. The van der Waals surface area contributed by atoms with E-state index in [-0.39, 0.29) is 0 Å². The van der Waals surface area contributed by atoms with Crippen molar-refractivity contribution < 1.29 is 4.42 Å². The summed E-state index contributed by atoms with van der Waals surface area (Å²) in [6, 6.07) is 1.74. The van der Waals surface area contributed by atoms with Gasteiger partial charge >= 0.3 is 5.76 Å². The Morgan fingerprint density at radius 1 is 1.70 bits per heavy atom. The summed E-state index contributed by atoms with van der Waals surface area (Å²) in [4.78, 5) is 13.1. The SMILES string of the molecule is Cn1ccc2oc(=O)[nH]c21. The lowest BCUT2D eigenvalue weighted by atomic mass is 10.6. The van der Waals surface area contributed by atoms with Gasteiger partial charge in [0.05, 0.1) is 0 Å². The molecule has 10 heavy (non-hydrogen) atoms. The van der Waals surface area contributed by atoms with E-state index >= 15 is 0 Å². The number of aryl methyl sites for hydroxylation is 1. The number of fused-ring (bicyclic) bond motifs is 1. The van der Waals surface area contributed by atoms with Gasteiger partial charge in [-0.3, -0.25) is 4.98 Å². The fraction of sp³-hybridized carbons (Fsp3) is 0.167. The summed E-state index contributed by atoms with van der Waals surface area (Å²) in [5.74, 6) is -0.402. The first kappa shape index (κ1) is 5.34. The van der Waals surface area contributed by atoms with Crippen LogP contribution in [0.15, 0.2) is 21.5 Å². The quantitative estimate of drug-likeness (QED) is 0.575. The van der Waals surface area contributed by atoms with Crippen molar-refractivity contribution in [2.45, 2.75) is 0 Å². The van der Waals surface area contributed by atoms with Crippen molar-refractivity contribution in [3.05, 3.63) is 22.8 Å². The second-order valence-corrected chi connectivity index (χ2v) is 2.15. The molecule has 0 saturated carbocycles. The summed E-state index contributed by atoms with van der Waals surface area (Å²) in [6.45, 7) is 0. The number of oxazole rings is 1. The molecule has 52 valence electrons. The van der Waals surface area contributed by atoms with E-state index in [0.717, 1.165) is 5.65 Å². The maximum atomic E-state index is 10.6. The van der Waals surface area contributed by atoms with Crippen molar-refractivity contribution >= 4 is 11.2 Å². The normalized spacial score (nSPS) is 10.9. The molecule has 4 nitrogen and oxygen atoms in total. The van der Waals surface area contributed by atoms with E-state index in [9.17, 15) is 4.79 Å². The van der Waals surface area contributed by atoms with E-state index < -0.39 is 5.76 Å². The molecule has 1 N–H and O–H groups in total. The molecule has 2 aromatic heterocycles. The summed E-state index contributed by atoms with van der Waals surface area (Å²) < 4.78 is 6.55. The molecule has 0 radical (unpaired) electrons. The first-order valence-corrected chi connectivity index (χ1v) is 2.91. The average Bonchev–Trinajstić information content (AvgIpc) is 2.35. The predicted octanol–water partition coefficient (Wildman–Crippen LogP) is 0.460. The van der Waals surface area contributed by atoms with E-state index in [4.69, 9.17) is 4.42 Å². The van der Waals surface area contributed by atoms with Gasteiger partial charge in [0.1, 0.15) is 0 Å². The first-order chi connectivity index (χ1) is 4.77. The Kier molecular flexibility index (Phi) is 0.818. The van der Waals surface area contributed by atoms with Crippen molar-refractivity contribution in [3.8, 4) is 0 Å². The Bertz CT molecular complexity index is 406. The largest absolute Gasteiger partial charge is 0.418 e. The molecule has 2 aromatic rings. The van der Waals surface area contributed by atoms with Gasteiger partial charge in [-0.05, 0) is 0 Å². The Morgan fingerprint density at radius 3 is 3.20 bits per heavy atom. The molecule has 0 aromatic carbocycles. The van der Waals surface area contributed by atoms with Crippen molar-refractivity contribution in [1.82, 2.24) is 9.55 Å². The second-order valence-electron chi connectivity index (χ2n) is 2.15. The van der Waals surface area contributed by atoms with Crippen LogP contribution in [0.4, 0.5) is 0 Å². The van der Waals surface area contributed by atoms with Crippen LogP contribution in [0.3, 0.4) is 0 Å². The Morgan fingerprint density at radius 2 is 2.50 bits per heavy atom. The van der Waals surface area contributed by atoms with Crippen LogP contribution in [0.25, 0.3) is 11.2 Å². The van der Waals surface area contributed by atoms with Crippen LogP contribution < -0.4 is 5.76 Å². The average molecular weight is 138 g/mol. The molecule has 4 heteroatoms. The minimum atomic E-state index is -0.402. The summed E-state index contributed by atoms with van der Waals surface area (Å²) in [5.41, 5.74) is 1.33. The fourth-order valence-corrected chi connectivity index (χ4v) is 0.961. The predicted molar refractivity (Wildman–Crippen MR) is 35.8 cm³/mol. The van der Waals surface area contributed by atoms with Gasteiger partial charge in [-0.25, -0.2) is 4.79 Å². The lowest BCUT2D eigenvalue weighted by Gasteiger charge is -1.84. The van der Waals surface area contributed by atoms with Gasteiger partial charge in [0, 0.05) is 19.3 Å². The summed E-state index contributed by atoms with van der Waals surface area (Å²) in [6.07, 6.45) is 1.82. The Hall–Kier alpha value is -1.45. The maximum Gasteiger partial charge on any atom is 0.418 e. The molecule has 2 rings (SSSR count). The maximum absolute atomic E-state index is 10.6. The molecule has 0 aliphatic heterocycles. The van der Waals surface area contributed by atoms with Gasteiger partial charge in [0.2, 0.25) is 0 Å². The van der Waals surface area contributed by atoms with E-state index in [1.165, 1.54) is 0 Å². The van der Waals surface area contributed by atoms with Crippen LogP contribution in [0, 0.1) is 0 Å². The third kappa shape index (κ3) is 0.528. The zero-order valence-corrected chi connectivity index (χ0v) is 5.42. The number of rotatable bonds is 0. The molecule has 2 heterocycles. The minimum absolute atomic E-state index is 0.402. The zero-order valence-electron chi connectivity index (χ0n) is 5.42. The molecule has 0 aliphatic carbocycles. The lowest BCUT2D eigenvalue weighted by molar-refractivity contribution is 0.555. The van der Waals surface area contributed by atoms with Crippen LogP contribution >= 0.6 is 0 Å². The standard InChI is InChI=1S/C6H6N2O2/c1-8-3-2-4-5(8)7-6(9)10-4/h2-3H,1H3,(H,7,9). The van der Waals surface area contributed by atoms with Crippen LogP contribution in [0.2, 0.25) is 0 Å². The number of H-pyrrole nitrogens is 1. The van der Waals surface area contributed by atoms with Crippen LogP contribution in [-0.4, -0.2) is 9.55 Å². The monoisotopic (exact) mass is 138 g/mol. The van der Waals surface area contributed by atoms with E-state index in [1.807, 2.05) is 13.2 Å². The Labute approximate surface area is 56.1 Å². The molecule has 0 fully saturated rings. The third-order valence-electron chi connectivity index (χ3n) is 1.46. The van der Waals surface area contributed by atoms with E-state index in [1.54, 1.807) is 10.6 Å². The molecular weight excluding hydrogens is 132 g/mol. The highest BCUT2D eigenvalue weighted by atomic mass is 16.4. The van der Waals surface area contributed by atoms with Gasteiger partial charge in [-0.2, -0.15) is 0 Å². The summed E-state index contributed by atoms with van der Waals surface area (Å²) >= 11 is 0. The fourth-order valence-electron chi connectivity index (χ4n) is 0.961. The van der Waals surface area contributed by atoms with Crippen LogP contribution in [0.5, 0.6) is 0 Å². The highest BCUT2D eigenvalue weighted by Gasteiger charge is 2.01. The molecule has 0 saturated heterocycles. The highest BCUT2D eigenvalue weighted by molar-refractivity contribution is 5.68. The van der Waals surface area contributed by atoms with Crippen molar-refractivity contribution in [2.24, 2.45) is 7.05 Å². The Balaban J connectivity index is 3.03. The number of hydrogen-bond acceptors (Lipinski definition) is 2. The molecule has 0 amide bonds. The van der Waals surface area contributed by atoms with Gasteiger partial charge in [-0.1, -0.05) is 0 Å². The minimum Gasteiger partial charge on any atom is -0.406 e. The highest BCUT2D eigenvalue weighted by Crippen LogP contribution is 2.07. The van der Waals surface area contributed by atoms with Crippen LogP contribution in [0.1, 0.15) is 0 Å². The molecule has 0 aliphatic rings. The molecular formula is C6H6N2O2. The lowest BCUT2D eigenvalue weighted by Crippen LogP contribution is -1.96. The van der Waals surface area contributed by atoms with Crippen molar-refractivity contribution in [2.75, 3.05) is 0 Å². The smallest absolute Gasteiger partial charge is 0.406 e. The zero-order chi connectivity index (χ0) is 7.14. The van der Waals surface area contributed by atoms with Crippen molar-refractivity contribution in [1.29, 1.82) is 0 Å². The second kappa shape index (κ2) is 1.53. The third-order valence-corrected chi connectivity index (χ3v) is 1.46. The number of hydrogen-bond donors (Lipinski definition) is 1. The van der Waals surface area contributed by atoms with E-state index in [0.29, 0.717) is 5.58 Å². The number of aromatic nitrogens is 2. The summed E-state index contributed by atoms with van der Waals surface area (Å²) in [5, 5.41) is 0. The van der Waals surface area contributed by atoms with Gasteiger partial charge in [-0.15, -0.1) is 0 Å². The van der Waals surface area contributed by atoms with Gasteiger partial charge < -0.3 is 8.98 Å². The van der Waals surface area contributed by atoms with Crippen LogP contribution in [-0.2, 0) is 7.05 Å². The molecule has 0 unspecified atom stereocenters.